The van der Waals surface area contributed by atoms with Gasteiger partial charge in [-0.2, -0.15) is 5.26 Å². The van der Waals surface area contributed by atoms with Crippen molar-refractivity contribution in [1.82, 2.24) is 29.1 Å². The van der Waals surface area contributed by atoms with E-state index in [2.05, 4.69) is 6.07 Å². The van der Waals surface area contributed by atoms with Crippen LogP contribution in [0.2, 0.25) is 0 Å². The summed E-state index contributed by atoms with van der Waals surface area (Å²) in [5.74, 6) is -10.8. The largest absolute Gasteiger partial charge is 0.308 e. The third kappa shape index (κ3) is 9.66. The van der Waals surface area contributed by atoms with E-state index in [1.54, 1.807) is 4.57 Å². The van der Waals surface area contributed by atoms with Crippen LogP contribution in [0.3, 0.4) is 0 Å². The van der Waals surface area contributed by atoms with Crippen LogP contribution in [0, 0.1) is 40.4 Å². The van der Waals surface area contributed by atoms with Crippen LogP contribution in [0.1, 0.15) is 5.56 Å². The average Bonchev–Trinajstić information content (AvgIpc) is 1.62. The first kappa shape index (κ1) is 55.8. The predicted octanol–water partition coefficient (Wildman–Crippen LogP) is 21.0. The molecule has 0 N–H and O–H groups in total. The number of benzene rings is 10. The molecule has 0 radical (unpaired) electrons. The van der Waals surface area contributed by atoms with E-state index in [-0.39, 0.29) is 16.9 Å². The van der Waals surface area contributed by atoms with Crippen LogP contribution in [0.4, 0.5) is 22.0 Å². The zero-order valence-electron chi connectivity index (χ0n) is 49.1. The van der Waals surface area contributed by atoms with E-state index in [4.69, 9.17) is 19.9 Å². The first-order valence-corrected chi connectivity index (χ1v) is 30.0. The summed E-state index contributed by atoms with van der Waals surface area (Å²) in [6.45, 7) is 0. The fourth-order valence-corrected chi connectivity index (χ4v) is 12.8. The molecule has 440 valence electrons. The molecule has 0 bridgehead atoms. The van der Waals surface area contributed by atoms with E-state index in [1.165, 1.54) is 12.1 Å². The Morgan fingerprint density at radius 1 is 0.269 bits per heavy atom. The normalized spacial score (nSPS) is 11.5. The van der Waals surface area contributed by atoms with Crippen LogP contribution in [0.15, 0.2) is 279 Å². The quantitative estimate of drug-likeness (QED) is 0.0732. The molecule has 12 heteroatoms. The zero-order valence-corrected chi connectivity index (χ0v) is 49.1. The monoisotopic (exact) mass is 1210 g/mol. The van der Waals surface area contributed by atoms with Gasteiger partial charge in [0.1, 0.15) is 11.6 Å². The number of hydrogen-bond donors (Lipinski definition) is 0. The number of aromatic nitrogens is 6. The molecule has 7 nitrogen and oxygen atoms in total. The number of rotatable bonds is 11. The summed E-state index contributed by atoms with van der Waals surface area (Å²) in [5.41, 5.74) is 12.0. The molecule has 0 aliphatic rings. The molecule has 0 saturated carbocycles. The Balaban J connectivity index is 1.02. The predicted molar refractivity (Wildman–Crippen MR) is 360 cm³/mol. The Labute approximate surface area is 529 Å². The number of pyridine rings is 4. The lowest BCUT2D eigenvalue weighted by Crippen LogP contribution is -2.10. The second-order valence-electron chi connectivity index (χ2n) is 22.6. The molecular formula is C81H46F5N7. The van der Waals surface area contributed by atoms with Gasteiger partial charge in [-0.05, 0) is 84.9 Å². The van der Waals surface area contributed by atoms with Crippen molar-refractivity contribution in [3.63, 3.8) is 0 Å². The molecular weight excluding hydrogens is 1170 g/mol. The summed E-state index contributed by atoms with van der Waals surface area (Å²) in [6, 6.07) is 90.9. The second kappa shape index (κ2) is 22.8. The standard InChI is InChI=1S/C81H46F5N7/c82-76-75(77(83)79(85)80(86)78(76)84)60-41-42-70(92-71-43-52(66-29-13-25-62(88-66)48-17-5-1-6-18-48)33-37-56(71)57-38-34-53(44-72(57)92)67-30-14-26-63(89-67)49-19-7-2-8-20-49)61(47-87)81(60)93-73-45-54(68-31-15-27-64(90-68)50-21-9-3-10-22-50)35-39-58(73)59-40-36-55(46-74(59)93)69-32-16-28-65(91-69)51-23-11-4-12-24-51/h1-46H. The SMILES string of the molecule is N#Cc1c(-n2c3cc(-c4cccc(-c5ccccc5)n4)ccc3c3ccc(-c4cccc(-c5ccccc5)n4)cc32)ccc(-c2c(F)c(F)c(F)c(F)c2F)c1-n1c2cc(-c3cccc(-c4ccccc4)n3)ccc2c2ccc(-c3cccc(-c4ccccc4)n3)cc21. The van der Waals surface area contributed by atoms with Gasteiger partial charge >= 0.3 is 0 Å². The Morgan fingerprint density at radius 3 is 0.849 bits per heavy atom. The molecule has 16 rings (SSSR count). The van der Waals surface area contributed by atoms with Crippen LogP contribution in [-0.4, -0.2) is 29.1 Å². The summed E-state index contributed by atoms with van der Waals surface area (Å²) in [6.07, 6.45) is 0. The van der Waals surface area contributed by atoms with E-state index in [1.807, 2.05) is 271 Å². The van der Waals surface area contributed by atoms with Gasteiger partial charge < -0.3 is 9.13 Å². The maximum atomic E-state index is 17.1. The fourth-order valence-electron chi connectivity index (χ4n) is 12.8. The summed E-state index contributed by atoms with van der Waals surface area (Å²) >= 11 is 0. The summed E-state index contributed by atoms with van der Waals surface area (Å²) in [7, 11) is 0. The molecule has 0 amide bonds. The summed E-state index contributed by atoms with van der Waals surface area (Å²) in [4.78, 5) is 20.5. The van der Waals surface area contributed by atoms with Crippen molar-refractivity contribution in [2.24, 2.45) is 0 Å². The van der Waals surface area contributed by atoms with Crippen molar-refractivity contribution < 1.29 is 22.0 Å². The maximum Gasteiger partial charge on any atom is 0.200 e. The second-order valence-corrected chi connectivity index (χ2v) is 22.6. The van der Waals surface area contributed by atoms with Crippen LogP contribution in [0.25, 0.3) is 156 Å². The number of hydrogen-bond acceptors (Lipinski definition) is 5. The number of halogens is 5. The molecule has 10 aromatic carbocycles. The molecule has 0 unspecified atom stereocenters. The van der Waals surface area contributed by atoms with E-state index in [0.717, 1.165) is 55.5 Å². The van der Waals surface area contributed by atoms with Gasteiger partial charge in [0.15, 0.2) is 23.3 Å². The topological polar surface area (TPSA) is 85.2 Å². The molecule has 0 aliphatic heterocycles. The molecule has 0 spiro atoms. The first-order chi connectivity index (χ1) is 45.6. The molecule has 0 saturated heterocycles. The first-order valence-electron chi connectivity index (χ1n) is 30.0. The van der Waals surface area contributed by atoms with E-state index in [0.29, 0.717) is 78.1 Å². The Morgan fingerprint density at radius 2 is 0.548 bits per heavy atom. The minimum atomic E-state index is -2.32. The highest BCUT2D eigenvalue weighted by atomic mass is 19.2. The highest BCUT2D eigenvalue weighted by molar-refractivity contribution is 6.14. The van der Waals surface area contributed by atoms with Crippen molar-refractivity contribution in [3.05, 3.63) is 314 Å². The minimum Gasteiger partial charge on any atom is -0.308 e. The van der Waals surface area contributed by atoms with E-state index < -0.39 is 40.2 Å². The highest BCUT2D eigenvalue weighted by Crippen LogP contribution is 2.46. The van der Waals surface area contributed by atoms with Gasteiger partial charge in [0.25, 0.3) is 0 Å². The van der Waals surface area contributed by atoms with Gasteiger partial charge in [-0.3, -0.25) is 0 Å². The zero-order chi connectivity index (χ0) is 62.8. The smallest absolute Gasteiger partial charge is 0.200 e. The van der Waals surface area contributed by atoms with Crippen LogP contribution in [0.5, 0.6) is 0 Å². The van der Waals surface area contributed by atoms with Gasteiger partial charge in [-0.25, -0.2) is 41.9 Å². The fraction of sp³-hybridized carbons (Fsp3) is 0. The molecule has 16 aromatic rings. The van der Waals surface area contributed by atoms with Gasteiger partial charge in [0.2, 0.25) is 5.82 Å². The minimum absolute atomic E-state index is 0.164. The van der Waals surface area contributed by atoms with Crippen molar-refractivity contribution in [2.45, 2.75) is 0 Å². The number of fused-ring (bicyclic) bond motifs is 6. The van der Waals surface area contributed by atoms with Crippen LogP contribution < -0.4 is 0 Å². The van der Waals surface area contributed by atoms with Crippen molar-refractivity contribution in [3.8, 4) is 119 Å². The van der Waals surface area contributed by atoms with E-state index in [9.17, 15) is 5.26 Å². The Hall–Kier alpha value is -12.5. The van der Waals surface area contributed by atoms with Crippen molar-refractivity contribution in [2.75, 3.05) is 0 Å². The molecule has 6 aromatic heterocycles. The molecule has 0 fully saturated rings. The Kier molecular flexibility index (Phi) is 13.7. The third-order valence-electron chi connectivity index (χ3n) is 17.2. The van der Waals surface area contributed by atoms with E-state index >= 15 is 22.0 Å². The summed E-state index contributed by atoms with van der Waals surface area (Å²) < 4.78 is 85.3. The molecule has 0 atom stereocenters. The molecule has 6 heterocycles. The lowest BCUT2D eigenvalue weighted by Gasteiger charge is -2.21. The highest BCUT2D eigenvalue weighted by Gasteiger charge is 2.32. The Bertz CT molecular complexity index is 5400. The van der Waals surface area contributed by atoms with Crippen LogP contribution in [-0.2, 0) is 0 Å². The van der Waals surface area contributed by atoms with Crippen LogP contribution >= 0.6 is 0 Å². The lowest BCUT2D eigenvalue weighted by molar-refractivity contribution is 0.381. The van der Waals surface area contributed by atoms with Crippen molar-refractivity contribution in [1.29, 1.82) is 5.26 Å². The maximum absolute atomic E-state index is 17.1. The molecule has 93 heavy (non-hydrogen) atoms. The van der Waals surface area contributed by atoms with Gasteiger partial charge in [-0.1, -0.05) is 194 Å². The summed E-state index contributed by atoms with van der Waals surface area (Å²) in [5, 5.41) is 15.2. The van der Waals surface area contributed by atoms with Crippen molar-refractivity contribution >= 4 is 43.6 Å². The van der Waals surface area contributed by atoms with Gasteiger partial charge in [0, 0.05) is 71.6 Å². The van der Waals surface area contributed by atoms with Gasteiger partial charge in [0.05, 0.1) is 84.6 Å². The molecule has 0 aliphatic carbocycles. The van der Waals surface area contributed by atoms with Gasteiger partial charge in [-0.15, -0.1) is 0 Å². The number of nitrogens with zero attached hydrogens (tertiary/aromatic N) is 7. The lowest BCUT2D eigenvalue weighted by atomic mass is 9.96. The average molecular weight is 1210 g/mol. The third-order valence-corrected chi connectivity index (χ3v) is 17.2. The number of nitriles is 1.